The lowest BCUT2D eigenvalue weighted by Crippen LogP contribution is -2.19. The van der Waals surface area contributed by atoms with Crippen LogP contribution in [0.15, 0.2) is 22.1 Å². The highest BCUT2D eigenvalue weighted by molar-refractivity contribution is 7.98. The summed E-state index contributed by atoms with van der Waals surface area (Å²) in [6, 6.07) is 3.84. The van der Waals surface area contributed by atoms with E-state index < -0.39 is 0 Å². The zero-order chi connectivity index (χ0) is 19.1. The van der Waals surface area contributed by atoms with Crippen molar-refractivity contribution in [3.63, 3.8) is 0 Å². The number of aromatic nitrogens is 2. The molecule has 0 radical (unpaired) electrons. The van der Waals surface area contributed by atoms with Gasteiger partial charge in [0.1, 0.15) is 4.83 Å². The minimum Gasteiger partial charge on any atom is -0.489 e. The molecular weight excluding hydrogens is 404 g/mol. The summed E-state index contributed by atoms with van der Waals surface area (Å²) in [6.45, 7) is 5.22. The molecule has 27 heavy (non-hydrogen) atoms. The monoisotopic (exact) mass is 422 g/mol. The predicted octanol–water partition coefficient (Wildman–Crippen LogP) is 4.72. The number of fused-ring (bicyclic) bond motifs is 2. The first kappa shape index (κ1) is 18.7. The molecule has 142 valence electrons. The van der Waals surface area contributed by atoms with Crippen molar-refractivity contribution < 1.29 is 9.47 Å². The van der Waals surface area contributed by atoms with Gasteiger partial charge in [-0.1, -0.05) is 23.4 Å². The molecule has 0 spiro atoms. The second-order valence-corrected chi connectivity index (χ2v) is 9.02. The Morgan fingerprint density at radius 3 is 2.89 bits per heavy atom. The van der Waals surface area contributed by atoms with Crippen LogP contribution in [0.25, 0.3) is 10.2 Å². The van der Waals surface area contributed by atoms with Gasteiger partial charge >= 0.3 is 0 Å². The Balaban J connectivity index is 1.64. The first-order valence-electron chi connectivity index (χ1n) is 8.63. The fourth-order valence-corrected chi connectivity index (χ4v) is 5.26. The molecule has 8 heteroatoms. The normalized spacial score (nSPS) is 13.8. The summed E-state index contributed by atoms with van der Waals surface area (Å²) in [5, 5.41) is 1.96. The Labute approximate surface area is 170 Å². The number of hydrogen-bond donors (Lipinski definition) is 0. The van der Waals surface area contributed by atoms with Crippen LogP contribution >= 0.6 is 34.7 Å². The van der Waals surface area contributed by atoms with Gasteiger partial charge in [0.15, 0.2) is 16.7 Å². The quantitative estimate of drug-likeness (QED) is 0.451. The van der Waals surface area contributed by atoms with Crippen LogP contribution < -0.4 is 15.0 Å². The van der Waals surface area contributed by atoms with Gasteiger partial charge in [-0.15, -0.1) is 11.3 Å². The number of halogens is 1. The van der Waals surface area contributed by atoms with E-state index >= 15 is 0 Å². The maximum Gasteiger partial charge on any atom is 0.262 e. The lowest BCUT2D eigenvalue weighted by atomic mass is 10.2. The number of rotatable bonds is 3. The number of aryl methyl sites for hydroxylation is 2. The van der Waals surface area contributed by atoms with Crippen molar-refractivity contribution in [3.8, 4) is 11.5 Å². The molecule has 0 fully saturated rings. The third kappa shape index (κ3) is 3.44. The van der Waals surface area contributed by atoms with Crippen LogP contribution in [0.4, 0.5) is 0 Å². The molecule has 1 aliphatic rings. The molecule has 0 aliphatic carbocycles. The van der Waals surface area contributed by atoms with Crippen molar-refractivity contribution in [3.05, 3.63) is 43.5 Å². The Bertz CT molecular complexity index is 1090. The third-order valence-electron chi connectivity index (χ3n) is 4.60. The Kier molecular flexibility index (Phi) is 5.09. The predicted molar refractivity (Wildman–Crippen MR) is 111 cm³/mol. The molecule has 0 atom stereocenters. The number of thioether (sulfide) groups is 1. The van der Waals surface area contributed by atoms with Crippen LogP contribution in [0.1, 0.15) is 22.4 Å². The number of ether oxygens (including phenoxy) is 2. The standard InChI is InChI=1S/C19H19ClN2O3S2/c1-10-11(2)27-17-15(10)18(23)22(3)19(21-17)26-9-12-7-13(20)16-14(8-12)24-5-4-6-25-16/h7-8H,4-6,9H2,1-3H3. The lowest BCUT2D eigenvalue weighted by molar-refractivity contribution is 0.297. The molecule has 2 aromatic heterocycles. The van der Waals surface area contributed by atoms with Gasteiger partial charge in [0, 0.05) is 24.1 Å². The highest BCUT2D eigenvalue weighted by Crippen LogP contribution is 2.39. The van der Waals surface area contributed by atoms with Gasteiger partial charge in [0.05, 0.1) is 23.6 Å². The molecule has 0 bridgehead atoms. The van der Waals surface area contributed by atoms with Gasteiger partial charge in [-0.3, -0.25) is 9.36 Å². The largest absolute Gasteiger partial charge is 0.489 e. The molecule has 1 aromatic carbocycles. The number of hydrogen-bond acceptors (Lipinski definition) is 6. The van der Waals surface area contributed by atoms with Gasteiger partial charge in [0.2, 0.25) is 0 Å². The molecule has 5 nitrogen and oxygen atoms in total. The lowest BCUT2D eigenvalue weighted by Gasteiger charge is -2.12. The van der Waals surface area contributed by atoms with Gasteiger partial charge in [-0.2, -0.15) is 0 Å². The highest BCUT2D eigenvalue weighted by Gasteiger charge is 2.18. The number of thiophene rings is 1. The van der Waals surface area contributed by atoms with Crippen molar-refractivity contribution in [2.24, 2.45) is 7.05 Å². The third-order valence-corrected chi connectivity index (χ3v) is 7.08. The summed E-state index contributed by atoms with van der Waals surface area (Å²) in [5.74, 6) is 1.92. The molecule has 0 unspecified atom stereocenters. The van der Waals surface area contributed by atoms with E-state index in [9.17, 15) is 4.79 Å². The van der Waals surface area contributed by atoms with Crippen LogP contribution in [0.3, 0.4) is 0 Å². The first-order chi connectivity index (χ1) is 13.0. The van der Waals surface area contributed by atoms with E-state index in [-0.39, 0.29) is 5.56 Å². The summed E-state index contributed by atoms with van der Waals surface area (Å²) in [5.41, 5.74) is 2.03. The van der Waals surface area contributed by atoms with Crippen LogP contribution in [0, 0.1) is 13.8 Å². The van der Waals surface area contributed by atoms with E-state index in [1.165, 1.54) is 11.8 Å². The van der Waals surface area contributed by atoms with Crippen LogP contribution in [-0.2, 0) is 12.8 Å². The van der Waals surface area contributed by atoms with Gasteiger partial charge in [0.25, 0.3) is 5.56 Å². The van der Waals surface area contributed by atoms with E-state index in [4.69, 9.17) is 26.1 Å². The van der Waals surface area contributed by atoms with Crippen molar-refractivity contribution in [1.82, 2.24) is 9.55 Å². The summed E-state index contributed by atoms with van der Waals surface area (Å²) >= 11 is 9.45. The van der Waals surface area contributed by atoms with E-state index in [0.29, 0.717) is 40.6 Å². The van der Waals surface area contributed by atoms with Gasteiger partial charge in [-0.05, 0) is 37.1 Å². The first-order valence-corrected chi connectivity index (χ1v) is 10.8. The van der Waals surface area contributed by atoms with Gasteiger partial charge in [-0.25, -0.2) is 4.98 Å². The van der Waals surface area contributed by atoms with E-state index in [0.717, 1.165) is 32.6 Å². The summed E-state index contributed by atoms with van der Waals surface area (Å²) < 4.78 is 13.0. The fraction of sp³-hybridized carbons (Fsp3) is 0.368. The second-order valence-electron chi connectivity index (χ2n) is 6.47. The fourth-order valence-electron chi connectivity index (χ4n) is 3.00. The van der Waals surface area contributed by atoms with Gasteiger partial charge < -0.3 is 9.47 Å². The minimum absolute atomic E-state index is 0.000967. The average Bonchev–Trinajstić information content (AvgIpc) is 2.81. The summed E-state index contributed by atoms with van der Waals surface area (Å²) in [6.07, 6.45) is 0.834. The zero-order valence-electron chi connectivity index (χ0n) is 15.3. The molecule has 3 aromatic rings. The van der Waals surface area contributed by atoms with Crippen LogP contribution in [-0.4, -0.2) is 22.8 Å². The Morgan fingerprint density at radius 1 is 1.30 bits per heavy atom. The van der Waals surface area contributed by atoms with Crippen molar-refractivity contribution in [2.45, 2.75) is 31.2 Å². The number of benzene rings is 1. The zero-order valence-corrected chi connectivity index (χ0v) is 17.7. The molecule has 0 amide bonds. The second kappa shape index (κ2) is 7.37. The van der Waals surface area contributed by atoms with E-state index in [2.05, 4.69) is 0 Å². The molecule has 4 rings (SSSR count). The maximum absolute atomic E-state index is 12.7. The smallest absolute Gasteiger partial charge is 0.262 e. The molecular formula is C19H19ClN2O3S2. The SMILES string of the molecule is Cc1sc2nc(SCc3cc(Cl)c4c(c3)OCCCO4)n(C)c(=O)c2c1C. The van der Waals surface area contributed by atoms with E-state index in [1.54, 1.807) is 23.0 Å². The highest BCUT2D eigenvalue weighted by atomic mass is 35.5. The maximum atomic E-state index is 12.7. The number of nitrogens with zero attached hydrogens (tertiary/aromatic N) is 2. The molecule has 1 aliphatic heterocycles. The van der Waals surface area contributed by atoms with Crippen molar-refractivity contribution >= 4 is 44.9 Å². The van der Waals surface area contributed by atoms with E-state index in [1.807, 2.05) is 26.0 Å². The molecule has 0 N–H and O–H groups in total. The summed E-state index contributed by atoms with van der Waals surface area (Å²) in [4.78, 5) is 19.4. The van der Waals surface area contributed by atoms with Crippen LogP contribution in [0.2, 0.25) is 5.02 Å². The topological polar surface area (TPSA) is 53.4 Å². The molecule has 3 heterocycles. The van der Waals surface area contributed by atoms with Crippen molar-refractivity contribution in [1.29, 1.82) is 0 Å². The average molecular weight is 423 g/mol. The summed E-state index contributed by atoms with van der Waals surface area (Å²) in [7, 11) is 1.77. The van der Waals surface area contributed by atoms with Crippen molar-refractivity contribution in [2.75, 3.05) is 13.2 Å². The Hall–Kier alpha value is -1.70. The minimum atomic E-state index is 0.000967. The van der Waals surface area contributed by atoms with Crippen LogP contribution in [0.5, 0.6) is 11.5 Å². The Morgan fingerprint density at radius 2 is 2.07 bits per heavy atom. The molecule has 0 saturated heterocycles. The molecule has 0 saturated carbocycles.